The minimum absolute atomic E-state index is 0.148. The van der Waals surface area contributed by atoms with E-state index in [4.69, 9.17) is 32.7 Å². The highest BCUT2D eigenvalue weighted by Crippen LogP contribution is 2.29. The SMILES string of the molecule is COc1ccc(C(=O)NCC2CCN(CC(=O)NC3=NCN=N3)CC2)cc1OCCc1ccc(Cl)cc1Cl. The van der Waals surface area contributed by atoms with Crippen LogP contribution >= 0.6 is 23.2 Å². The maximum absolute atomic E-state index is 12.9. The van der Waals surface area contributed by atoms with Gasteiger partial charge in [-0.3, -0.25) is 19.8 Å². The number of carbonyl (C=O) groups excluding carboxylic acids is 2. The molecule has 1 saturated heterocycles. The molecule has 1 fully saturated rings. The van der Waals surface area contributed by atoms with Gasteiger partial charge in [-0.25, -0.2) is 4.99 Å². The molecule has 2 amide bonds. The van der Waals surface area contributed by atoms with Gasteiger partial charge in [-0.1, -0.05) is 29.3 Å². The minimum Gasteiger partial charge on any atom is -0.493 e. The number of hydrogen-bond acceptors (Lipinski definition) is 8. The topological polar surface area (TPSA) is 117 Å². The highest BCUT2D eigenvalue weighted by Gasteiger charge is 2.22. The Morgan fingerprint density at radius 3 is 2.63 bits per heavy atom. The van der Waals surface area contributed by atoms with E-state index in [0.717, 1.165) is 31.5 Å². The van der Waals surface area contributed by atoms with Gasteiger partial charge in [0.2, 0.25) is 11.9 Å². The van der Waals surface area contributed by atoms with Gasteiger partial charge in [-0.2, -0.15) is 5.11 Å². The third-order valence-corrected chi connectivity index (χ3v) is 6.98. The van der Waals surface area contributed by atoms with E-state index in [-0.39, 0.29) is 31.0 Å². The highest BCUT2D eigenvalue weighted by atomic mass is 35.5. The number of halogens is 2. The maximum Gasteiger partial charge on any atom is 0.251 e. The summed E-state index contributed by atoms with van der Waals surface area (Å²) in [6.07, 6.45) is 2.35. The van der Waals surface area contributed by atoms with Crippen LogP contribution in [0.25, 0.3) is 0 Å². The first-order valence-corrected chi connectivity index (χ1v) is 13.1. The number of carbonyl (C=O) groups is 2. The summed E-state index contributed by atoms with van der Waals surface area (Å²) in [6.45, 7) is 3.02. The third kappa shape index (κ3) is 7.89. The van der Waals surface area contributed by atoms with Crippen LogP contribution in [0.3, 0.4) is 0 Å². The first-order chi connectivity index (χ1) is 18.4. The largest absolute Gasteiger partial charge is 0.493 e. The van der Waals surface area contributed by atoms with E-state index in [0.29, 0.717) is 52.6 Å². The quantitative estimate of drug-likeness (QED) is 0.456. The Hall–Kier alpha value is -3.21. The van der Waals surface area contributed by atoms with E-state index < -0.39 is 0 Å². The molecule has 2 heterocycles. The molecule has 0 unspecified atom stereocenters. The first kappa shape index (κ1) is 27.8. The zero-order chi connectivity index (χ0) is 26.9. The van der Waals surface area contributed by atoms with Gasteiger partial charge in [-0.05, 0) is 67.7 Å². The Morgan fingerprint density at radius 2 is 1.92 bits per heavy atom. The molecule has 0 aliphatic carbocycles. The molecule has 2 aliphatic rings. The number of ether oxygens (including phenoxy) is 2. The number of azo groups is 1. The van der Waals surface area contributed by atoms with Crippen LogP contribution in [-0.2, 0) is 11.2 Å². The molecule has 0 radical (unpaired) electrons. The van der Waals surface area contributed by atoms with Gasteiger partial charge in [0.1, 0.15) is 0 Å². The molecule has 4 rings (SSSR count). The van der Waals surface area contributed by atoms with E-state index in [1.165, 1.54) is 0 Å². The van der Waals surface area contributed by atoms with Crippen molar-refractivity contribution in [2.45, 2.75) is 19.3 Å². The van der Waals surface area contributed by atoms with Crippen molar-refractivity contribution in [3.63, 3.8) is 0 Å². The first-order valence-electron chi connectivity index (χ1n) is 12.4. The standard InChI is InChI=1S/C26H30Cl2N6O4/c1-37-22-5-3-19(12-23(22)38-11-8-18-2-4-20(27)13-21(18)28)25(36)29-14-17-6-9-34(10-7-17)15-24(35)32-26-30-16-31-33-26/h2-5,12-13,17H,6-11,14-16H2,1H3,(H,29,36)(H,30,32,35). The summed E-state index contributed by atoms with van der Waals surface area (Å²) in [4.78, 5) is 31.0. The molecule has 12 heteroatoms. The number of rotatable bonds is 10. The number of piperidine rings is 1. The molecule has 2 aliphatic heterocycles. The van der Waals surface area contributed by atoms with Gasteiger partial charge >= 0.3 is 0 Å². The summed E-state index contributed by atoms with van der Waals surface area (Å²) in [5, 5.41) is 14.3. The summed E-state index contributed by atoms with van der Waals surface area (Å²) in [5.74, 6) is 1.32. The van der Waals surface area contributed by atoms with E-state index >= 15 is 0 Å². The third-order valence-electron chi connectivity index (χ3n) is 6.40. The van der Waals surface area contributed by atoms with Crippen molar-refractivity contribution in [1.82, 2.24) is 15.5 Å². The average Bonchev–Trinajstić information content (AvgIpc) is 3.42. The van der Waals surface area contributed by atoms with Crippen molar-refractivity contribution < 1.29 is 19.1 Å². The zero-order valence-electron chi connectivity index (χ0n) is 21.1. The lowest BCUT2D eigenvalue weighted by molar-refractivity contribution is -0.121. The maximum atomic E-state index is 12.9. The molecule has 0 saturated carbocycles. The molecule has 38 heavy (non-hydrogen) atoms. The van der Waals surface area contributed by atoms with Gasteiger partial charge < -0.3 is 14.8 Å². The number of guanidine groups is 1. The van der Waals surface area contributed by atoms with E-state index in [9.17, 15) is 9.59 Å². The second-order valence-corrected chi connectivity index (χ2v) is 9.89. The number of likely N-dealkylation sites (tertiary alicyclic amines) is 1. The number of aliphatic imine (C=N–C) groups is 1. The number of methoxy groups -OCH3 is 1. The molecule has 2 N–H and O–H groups in total. The molecule has 10 nitrogen and oxygen atoms in total. The fourth-order valence-electron chi connectivity index (χ4n) is 4.27. The van der Waals surface area contributed by atoms with Crippen LogP contribution in [0.1, 0.15) is 28.8 Å². The Morgan fingerprint density at radius 1 is 1.11 bits per heavy atom. The smallest absolute Gasteiger partial charge is 0.251 e. The zero-order valence-corrected chi connectivity index (χ0v) is 22.6. The molecule has 0 bridgehead atoms. The lowest BCUT2D eigenvalue weighted by Crippen LogP contribution is -2.44. The molecule has 0 aromatic heterocycles. The van der Waals surface area contributed by atoms with Gasteiger partial charge in [0, 0.05) is 28.6 Å². The molecule has 0 atom stereocenters. The van der Waals surface area contributed by atoms with Crippen LogP contribution in [0.4, 0.5) is 0 Å². The normalized spacial score (nSPS) is 15.7. The number of nitrogens with zero attached hydrogens (tertiary/aromatic N) is 4. The van der Waals surface area contributed by atoms with Crippen molar-refractivity contribution >= 4 is 41.0 Å². The number of amides is 2. The van der Waals surface area contributed by atoms with Crippen LogP contribution < -0.4 is 20.1 Å². The van der Waals surface area contributed by atoms with Crippen molar-refractivity contribution in [2.75, 3.05) is 46.6 Å². The van der Waals surface area contributed by atoms with E-state index in [1.54, 1.807) is 37.4 Å². The van der Waals surface area contributed by atoms with Crippen LogP contribution in [-0.4, -0.2) is 69.2 Å². The average molecular weight is 561 g/mol. The molecule has 202 valence electrons. The lowest BCUT2D eigenvalue weighted by Gasteiger charge is -2.31. The highest BCUT2D eigenvalue weighted by molar-refractivity contribution is 6.35. The van der Waals surface area contributed by atoms with Crippen LogP contribution in [0.15, 0.2) is 51.6 Å². The molecule has 2 aromatic carbocycles. The fourth-order valence-corrected chi connectivity index (χ4v) is 4.78. The van der Waals surface area contributed by atoms with Gasteiger partial charge in [-0.15, -0.1) is 5.11 Å². The van der Waals surface area contributed by atoms with E-state index in [1.807, 2.05) is 6.07 Å². The minimum atomic E-state index is -0.174. The summed E-state index contributed by atoms with van der Waals surface area (Å²) in [6, 6.07) is 10.5. The predicted octanol–water partition coefficient (Wildman–Crippen LogP) is 3.96. The van der Waals surface area contributed by atoms with Gasteiger partial charge in [0.15, 0.2) is 18.2 Å². The Labute approximate surface area is 231 Å². The summed E-state index contributed by atoms with van der Waals surface area (Å²) < 4.78 is 11.3. The summed E-state index contributed by atoms with van der Waals surface area (Å²) >= 11 is 12.2. The lowest BCUT2D eigenvalue weighted by atomic mass is 9.96. The summed E-state index contributed by atoms with van der Waals surface area (Å²) in [7, 11) is 1.56. The van der Waals surface area contributed by atoms with Crippen LogP contribution in [0.5, 0.6) is 11.5 Å². The number of benzene rings is 2. The second kappa shape index (κ2) is 13.5. The Balaban J connectivity index is 1.22. The Kier molecular flexibility index (Phi) is 9.91. The molecule has 2 aromatic rings. The van der Waals surface area contributed by atoms with Crippen LogP contribution in [0.2, 0.25) is 10.0 Å². The number of hydrogen-bond donors (Lipinski definition) is 2. The molecular weight excluding hydrogens is 531 g/mol. The monoisotopic (exact) mass is 560 g/mol. The molecular formula is C26H30Cl2N6O4. The van der Waals surface area contributed by atoms with Crippen LogP contribution in [0, 0.1) is 5.92 Å². The van der Waals surface area contributed by atoms with Crippen molar-refractivity contribution in [3.8, 4) is 11.5 Å². The van der Waals surface area contributed by atoms with Crippen molar-refractivity contribution in [2.24, 2.45) is 21.1 Å². The van der Waals surface area contributed by atoms with Crippen molar-refractivity contribution in [1.29, 1.82) is 0 Å². The summed E-state index contributed by atoms with van der Waals surface area (Å²) in [5.41, 5.74) is 1.41. The number of nitrogens with one attached hydrogen (secondary N) is 2. The van der Waals surface area contributed by atoms with Gasteiger partial charge in [0.05, 0.1) is 20.3 Å². The van der Waals surface area contributed by atoms with Crippen molar-refractivity contribution in [3.05, 3.63) is 57.6 Å². The fraction of sp³-hybridized carbons (Fsp3) is 0.423. The second-order valence-electron chi connectivity index (χ2n) is 9.04. The molecule has 0 spiro atoms. The van der Waals surface area contributed by atoms with E-state index in [2.05, 4.69) is 30.8 Å². The van der Waals surface area contributed by atoms with Gasteiger partial charge in [0.25, 0.3) is 5.91 Å². The predicted molar refractivity (Wildman–Crippen MR) is 145 cm³/mol. The Bertz CT molecular complexity index is 1210.